The number of nitrogens with zero attached hydrogens (tertiary/aromatic N) is 2. The van der Waals surface area contributed by atoms with Crippen LogP contribution in [0, 0.1) is 6.92 Å². The lowest BCUT2D eigenvalue weighted by Crippen LogP contribution is -2.36. The Hall–Kier alpha value is -2.49. The number of benzene rings is 2. The van der Waals surface area contributed by atoms with Crippen LogP contribution in [0.4, 0.5) is 5.13 Å². The van der Waals surface area contributed by atoms with Gasteiger partial charge in [0.1, 0.15) is 16.9 Å². The molecule has 3 rings (SSSR count). The molecule has 2 aromatic carbocycles. The van der Waals surface area contributed by atoms with Crippen LogP contribution >= 0.6 is 11.5 Å². The number of aromatic nitrogens is 2. The predicted octanol–water partition coefficient (Wildman–Crippen LogP) is 3.79. The van der Waals surface area contributed by atoms with Gasteiger partial charge in [0.2, 0.25) is 5.13 Å². The molecule has 0 radical (unpaired) electrons. The van der Waals surface area contributed by atoms with E-state index >= 15 is 0 Å². The van der Waals surface area contributed by atoms with Gasteiger partial charge in [-0.05, 0) is 49.6 Å². The van der Waals surface area contributed by atoms with Crippen LogP contribution in [0.1, 0.15) is 36.7 Å². The fraction of sp³-hybridized carbons (Fsp3) is 0.364. The quantitative estimate of drug-likeness (QED) is 0.474. The average Bonchev–Trinajstić information content (AvgIpc) is 3.21. The van der Waals surface area contributed by atoms with Gasteiger partial charge in [-0.15, -0.1) is 0 Å². The molecule has 0 aliphatic rings. The minimum Gasteiger partial charge on any atom is -0.497 e. The van der Waals surface area contributed by atoms with Crippen molar-refractivity contribution >= 4 is 26.5 Å². The molecule has 31 heavy (non-hydrogen) atoms. The van der Waals surface area contributed by atoms with Gasteiger partial charge >= 0.3 is 0 Å². The molecule has 0 bridgehead atoms. The van der Waals surface area contributed by atoms with Crippen LogP contribution < -0.4 is 15.8 Å². The number of ether oxygens (including phenoxy) is 1. The zero-order valence-electron chi connectivity index (χ0n) is 17.9. The lowest BCUT2D eigenvalue weighted by atomic mass is 10.1. The molecule has 0 aliphatic carbocycles. The third-order valence-corrected chi connectivity index (χ3v) is 7.71. The minimum atomic E-state index is -3.69. The van der Waals surface area contributed by atoms with Crippen molar-refractivity contribution in [1.82, 2.24) is 9.36 Å². The Labute approximate surface area is 187 Å². The first-order valence-corrected chi connectivity index (χ1v) is 12.4. The molecular formula is C22H28N4O3S2. The number of hydrogen-bond donors (Lipinski definition) is 2. The summed E-state index contributed by atoms with van der Waals surface area (Å²) in [5, 5.41) is 2.63. The summed E-state index contributed by atoms with van der Waals surface area (Å²) in [6.07, 6.45) is 1.52. The van der Waals surface area contributed by atoms with Gasteiger partial charge in [-0.25, -0.2) is 13.4 Å². The second-order valence-corrected chi connectivity index (χ2v) is 10.3. The van der Waals surface area contributed by atoms with Crippen LogP contribution in [0.25, 0.3) is 0 Å². The van der Waals surface area contributed by atoms with Crippen LogP contribution in [0.5, 0.6) is 5.75 Å². The topological polar surface area (TPSA) is 107 Å². The molecule has 0 aliphatic heterocycles. The van der Waals surface area contributed by atoms with Crippen LogP contribution in [0.3, 0.4) is 0 Å². The molecular weight excluding hydrogens is 432 g/mol. The third-order valence-electron chi connectivity index (χ3n) is 5.04. The van der Waals surface area contributed by atoms with Gasteiger partial charge in [-0.1, -0.05) is 36.8 Å². The Morgan fingerprint density at radius 2 is 1.81 bits per heavy atom. The number of nitrogens with one attached hydrogen (secondary N) is 1. The zero-order chi connectivity index (χ0) is 22.4. The monoisotopic (exact) mass is 460 g/mol. The van der Waals surface area contributed by atoms with Gasteiger partial charge in [0.05, 0.1) is 12.0 Å². The van der Waals surface area contributed by atoms with E-state index in [1.54, 1.807) is 24.3 Å². The average molecular weight is 461 g/mol. The third kappa shape index (κ3) is 6.03. The SMILES string of the molecule is CCC(N)CC(Nc1nc(Cc2ccc(C)cc2)ns1)S(=O)(=O)c1ccc(OC)cc1. The van der Waals surface area contributed by atoms with Crippen molar-refractivity contribution < 1.29 is 13.2 Å². The number of hydrogen-bond acceptors (Lipinski definition) is 8. The highest BCUT2D eigenvalue weighted by molar-refractivity contribution is 7.92. The summed E-state index contributed by atoms with van der Waals surface area (Å²) in [6, 6.07) is 14.3. The maximum Gasteiger partial charge on any atom is 0.203 e. The lowest BCUT2D eigenvalue weighted by Gasteiger charge is -2.21. The highest BCUT2D eigenvalue weighted by Crippen LogP contribution is 2.25. The summed E-state index contributed by atoms with van der Waals surface area (Å²) in [4.78, 5) is 4.71. The maximum atomic E-state index is 13.3. The van der Waals surface area contributed by atoms with Crippen LogP contribution in [0.2, 0.25) is 0 Å². The molecule has 0 spiro atoms. The first kappa shape index (κ1) is 23.2. The number of methoxy groups -OCH3 is 1. The molecule has 9 heteroatoms. The standard InChI is InChI=1S/C22H28N4O3S2/c1-4-17(23)14-21(31(27,28)19-11-9-18(29-3)10-12-19)25-22-24-20(26-30-22)13-16-7-5-15(2)6-8-16/h5-12,17,21H,4,13-14,23H2,1-3H3,(H,24,25,26). The summed E-state index contributed by atoms with van der Waals surface area (Å²) in [5.41, 5.74) is 8.40. The molecule has 3 N–H and O–H groups in total. The Morgan fingerprint density at radius 1 is 1.13 bits per heavy atom. The van der Waals surface area contributed by atoms with Crippen molar-refractivity contribution in [2.24, 2.45) is 5.73 Å². The van der Waals surface area contributed by atoms with Crippen molar-refractivity contribution in [3.63, 3.8) is 0 Å². The van der Waals surface area contributed by atoms with E-state index in [1.807, 2.05) is 38.1 Å². The molecule has 0 fully saturated rings. The van der Waals surface area contributed by atoms with E-state index < -0.39 is 15.2 Å². The summed E-state index contributed by atoms with van der Waals surface area (Å²) in [7, 11) is -2.15. The zero-order valence-corrected chi connectivity index (χ0v) is 19.5. The van der Waals surface area contributed by atoms with Gasteiger partial charge in [-0.3, -0.25) is 0 Å². The Morgan fingerprint density at radius 3 is 2.42 bits per heavy atom. The molecule has 0 saturated heterocycles. The molecule has 0 amide bonds. The van der Waals surface area contributed by atoms with E-state index in [-0.39, 0.29) is 17.4 Å². The first-order valence-electron chi connectivity index (χ1n) is 10.1. The second-order valence-electron chi connectivity index (χ2n) is 7.44. The molecule has 166 valence electrons. The fourth-order valence-electron chi connectivity index (χ4n) is 3.05. The Balaban J connectivity index is 1.80. The number of sulfone groups is 1. The molecule has 1 heterocycles. The molecule has 2 atom stereocenters. The molecule has 3 aromatic rings. The van der Waals surface area contributed by atoms with E-state index in [2.05, 4.69) is 14.7 Å². The van der Waals surface area contributed by atoms with E-state index in [4.69, 9.17) is 10.5 Å². The molecule has 7 nitrogen and oxygen atoms in total. The van der Waals surface area contributed by atoms with E-state index in [0.29, 0.717) is 29.5 Å². The van der Waals surface area contributed by atoms with Crippen LogP contribution in [-0.2, 0) is 16.3 Å². The van der Waals surface area contributed by atoms with Crippen molar-refractivity contribution in [3.05, 3.63) is 65.5 Å². The number of rotatable bonds is 10. The van der Waals surface area contributed by atoms with Crippen LogP contribution in [-0.4, -0.2) is 36.3 Å². The van der Waals surface area contributed by atoms with E-state index in [0.717, 1.165) is 17.1 Å². The highest BCUT2D eigenvalue weighted by atomic mass is 32.2. The smallest absolute Gasteiger partial charge is 0.203 e. The fourth-order valence-corrected chi connectivity index (χ4v) is 5.37. The lowest BCUT2D eigenvalue weighted by molar-refractivity contribution is 0.414. The van der Waals surface area contributed by atoms with Crippen LogP contribution in [0.15, 0.2) is 53.4 Å². The van der Waals surface area contributed by atoms with Crippen molar-refractivity contribution in [1.29, 1.82) is 0 Å². The van der Waals surface area contributed by atoms with Gasteiger partial charge < -0.3 is 15.8 Å². The minimum absolute atomic E-state index is 0.207. The van der Waals surface area contributed by atoms with Gasteiger partial charge in [0, 0.05) is 24.0 Å². The van der Waals surface area contributed by atoms with Crippen molar-refractivity contribution in [2.75, 3.05) is 12.4 Å². The van der Waals surface area contributed by atoms with Gasteiger partial charge in [-0.2, -0.15) is 4.37 Å². The van der Waals surface area contributed by atoms with Gasteiger partial charge in [0.15, 0.2) is 9.84 Å². The first-order chi connectivity index (χ1) is 14.8. The highest BCUT2D eigenvalue weighted by Gasteiger charge is 2.30. The molecule has 2 unspecified atom stereocenters. The normalized spacial score (nSPS) is 13.5. The molecule has 0 saturated carbocycles. The number of aryl methyl sites for hydroxylation is 1. The van der Waals surface area contributed by atoms with E-state index in [1.165, 1.54) is 12.7 Å². The number of anilines is 1. The second kappa shape index (κ2) is 10.2. The van der Waals surface area contributed by atoms with E-state index in [9.17, 15) is 8.42 Å². The van der Waals surface area contributed by atoms with Crippen molar-refractivity contribution in [3.8, 4) is 5.75 Å². The summed E-state index contributed by atoms with van der Waals surface area (Å²) in [5.74, 6) is 1.25. The Bertz CT molecular complexity index is 1080. The predicted molar refractivity (Wildman–Crippen MR) is 124 cm³/mol. The van der Waals surface area contributed by atoms with Gasteiger partial charge in [0.25, 0.3) is 0 Å². The molecule has 1 aromatic heterocycles. The summed E-state index contributed by atoms with van der Waals surface area (Å²) >= 11 is 1.15. The summed E-state index contributed by atoms with van der Waals surface area (Å²) < 4.78 is 36.2. The number of nitrogens with two attached hydrogens (primary N) is 1. The largest absolute Gasteiger partial charge is 0.497 e. The van der Waals surface area contributed by atoms with Crippen molar-refractivity contribution in [2.45, 2.75) is 49.4 Å². The maximum absolute atomic E-state index is 13.3. The summed E-state index contributed by atoms with van der Waals surface area (Å²) in [6.45, 7) is 3.98. The Kier molecular flexibility index (Phi) is 7.64.